The van der Waals surface area contributed by atoms with Gasteiger partial charge in [-0.3, -0.25) is 0 Å². The van der Waals surface area contributed by atoms with Gasteiger partial charge >= 0.3 is 0 Å². The van der Waals surface area contributed by atoms with Crippen LogP contribution in [0.4, 0.5) is 0 Å². The lowest BCUT2D eigenvalue weighted by Crippen LogP contribution is -2.01. The van der Waals surface area contributed by atoms with Crippen molar-refractivity contribution in [1.82, 2.24) is 0 Å². The molecule has 0 aromatic rings. The molecule has 1 N–H and O–H groups in total. The first-order valence-corrected chi connectivity index (χ1v) is 3.09. The van der Waals surface area contributed by atoms with Gasteiger partial charge in [0.1, 0.15) is 0 Å². The van der Waals surface area contributed by atoms with Crippen LogP contribution in [0.2, 0.25) is 0 Å². The van der Waals surface area contributed by atoms with Crippen LogP contribution >= 0.6 is 0 Å². The van der Waals surface area contributed by atoms with Gasteiger partial charge in [-0.25, -0.2) is 0 Å². The van der Waals surface area contributed by atoms with Gasteiger partial charge in [0.25, 0.3) is 0 Å². The highest BCUT2D eigenvalue weighted by atomic mass is 14.3. The largest absolute Gasteiger partial charge is 0.313 e. The minimum atomic E-state index is 0.542. The molecule has 1 atom stereocenters. The van der Waals surface area contributed by atoms with E-state index >= 15 is 0 Å². The highest BCUT2D eigenvalue weighted by molar-refractivity contribution is 5.57. The fourth-order valence-electron chi connectivity index (χ4n) is 0.968. The fraction of sp³-hybridized carbons (Fsp3) is 0.571. The minimum absolute atomic E-state index is 0.542. The standard InChI is InChI=1S/C7H11N/c8-6-7-4-2-1-3-5-7/h1-2,6-8H,3-5H2. The van der Waals surface area contributed by atoms with Crippen LogP contribution in [-0.2, 0) is 0 Å². The molecule has 44 valence electrons. The molecule has 0 fully saturated rings. The van der Waals surface area contributed by atoms with Crippen molar-refractivity contribution >= 4 is 6.21 Å². The Kier molecular flexibility index (Phi) is 1.84. The molecule has 1 rings (SSSR count). The molecule has 0 saturated carbocycles. The third-order valence-electron chi connectivity index (χ3n) is 1.55. The Morgan fingerprint density at radius 3 is 2.75 bits per heavy atom. The van der Waals surface area contributed by atoms with Crippen molar-refractivity contribution in [1.29, 1.82) is 5.41 Å². The zero-order valence-electron chi connectivity index (χ0n) is 4.93. The van der Waals surface area contributed by atoms with Crippen molar-refractivity contribution in [3.63, 3.8) is 0 Å². The third kappa shape index (κ3) is 1.19. The maximum atomic E-state index is 6.94. The molecule has 1 unspecified atom stereocenters. The Bertz CT molecular complexity index is 105. The normalized spacial score (nSPS) is 27.8. The fourth-order valence-corrected chi connectivity index (χ4v) is 0.968. The molecule has 0 aromatic heterocycles. The van der Waals surface area contributed by atoms with Crippen molar-refractivity contribution in [2.75, 3.05) is 0 Å². The number of allylic oxidation sites excluding steroid dienone is 2. The first-order valence-electron chi connectivity index (χ1n) is 3.09. The summed E-state index contributed by atoms with van der Waals surface area (Å²) in [7, 11) is 0. The lowest BCUT2D eigenvalue weighted by atomic mass is 9.96. The van der Waals surface area contributed by atoms with Gasteiger partial charge in [-0.05, 0) is 31.4 Å². The van der Waals surface area contributed by atoms with Crippen LogP contribution in [0.5, 0.6) is 0 Å². The molecule has 1 heteroatoms. The van der Waals surface area contributed by atoms with Crippen molar-refractivity contribution in [2.24, 2.45) is 5.92 Å². The highest BCUT2D eigenvalue weighted by Crippen LogP contribution is 2.14. The summed E-state index contributed by atoms with van der Waals surface area (Å²) < 4.78 is 0. The Balaban J connectivity index is 2.37. The molecule has 0 bridgehead atoms. The molecule has 0 aromatic carbocycles. The van der Waals surface area contributed by atoms with Crippen molar-refractivity contribution in [3.05, 3.63) is 12.2 Å². The topological polar surface area (TPSA) is 23.9 Å². The first kappa shape index (κ1) is 5.54. The van der Waals surface area contributed by atoms with Gasteiger partial charge in [0.15, 0.2) is 0 Å². The van der Waals surface area contributed by atoms with Crippen LogP contribution in [0, 0.1) is 11.3 Å². The van der Waals surface area contributed by atoms with Crippen molar-refractivity contribution < 1.29 is 0 Å². The number of rotatable bonds is 1. The summed E-state index contributed by atoms with van der Waals surface area (Å²) >= 11 is 0. The molecular weight excluding hydrogens is 98.1 g/mol. The molecular formula is C7H11N. The second kappa shape index (κ2) is 2.65. The van der Waals surface area contributed by atoms with E-state index in [2.05, 4.69) is 12.2 Å². The van der Waals surface area contributed by atoms with Gasteiger partial charge in [0.05, 0.1) is 0 Å². The predicted octanol–water partition coefficient (Wildman–Crippen LogP) is 1.99. The molecule has 0 heterocycles. The summed E-state index contributed by atoms with van der Waals surface area (Å²) in [4.78, 5) is 0. The average molecular weight is 109 g/mol. The zero-order chi connectivity index (χ0) is 5.82. The Morgan fingerprint density at radius 2 is 2.38 bits per heavy atom. The molecule has 0 aliphatic heterocycles. The Labute approximate surface area is 49.9 Å². The van der Waals surface area contributed by atoms with E-state index in [9.17, 15) is 0 Å². The van der Waals surface area contributed by atoms with E-state index in [4.69, 9.17) is 5.41 Å². The van der Waals surface area contributed by atoms with E-state index in [0.717, 1.165) is 6.42 Å². The maximum absolute atomic E-state index is 6.94. The van der Waals surface area contributed by atoms with E-state index in [0.29, 0.717) is 5.92 Å². The van der Waals surface area contributed by atoms with E-state index in [1.54, 1.807) is 6.21 Å². The highest BCUT2D eigenvalue weighted by Gasteiger charge is 2.03. The smallest absolute Gasteiger partial charge is 0.00135 e. The lowest BCUT2D eigenvalue weighted by Gasteiger charge is -2.10. The second-order valence-corrected chi connectivity index (χ2v) is 2.21. The number of hydrogen-bond acceptors (Lipinski definition) is 1. The molecule has 0 saturated heterocycles. The summed E-state index contributed by atoms with van der Waals surface area (Å²) in [5.41, 5.74) is 0. The van der Waals surface area contributed by atoms with Crippen LogP contribution in [0.15, 0.2) is 12.2 Å². The predicted molar refractivity (Wildman–Crippen MR) is 35.3 cm³/mol. The number of hydrogen-bond donors (Lipinski definition) is 1. The monoisotopic (exact) mass is 109 g/mol. The first-order chi connectivity index (χ1) is 3.93. The molecule has 1 nitrogen and oxygen atoms in total. The zero-order valence-corrected chi connectivity index (χ0v) is 4.93. The second-order valence-electron chi connectivity index (χ2n) is 2.21. The van der Waals surface area contributed by atoms with E-state index < -0.39 is 0 Å². The maximum Gasteiger partial charge on any atom is -0.00135 e. The van der Waals surface area contributed by atoms with Gasteiger partial charge < -0.3 is 5.41 Å². The summed E-state index contributed by atoms with van der Waals surface area (Å²) in [5, 5.41) is 6.94. The summed E-state index contributed by atoms with van der Waals surface area (Å²) in [6.45, 7) is 0. The van der Waals surface area contributed by atoms with E-state index in [1.165, 1.54) is 12.8 Å². The van der Waals surface area contributed by atoms with Gasteiger partial charge in [-0.2, -0.15) is 0 Å². The van der Waals surface area contributed by atoms with Gasteiger partial charge in [-0.1, -0.05) is 12.2 Å². The molecule has 0 radical (unpaired) electrons. The van der Waals surface area contributed by atoms with Gasteiger partial charge in [0, 0.05) is 0 Å². The van der Waals surface area contributed by atoms with Crippen LogP contribution in [-0.4, -0.2) is 6.21 Å². The summed E-state index contributed by atoms with van der Waals surface area (Å²) in [5.74, 6) is 0.542. The van der Waals surface area contributed by atoms with Crippen LogP contribution in [0.3, 0.4) is 0 Å². The molecule has 8 heavy (non-hydrogen) atoms. The Morgan fingerprint density at radius 1 is 1.50 bits per heavy atom. The lowest BCUT2D eigenvalue weighted by molar-refractivity contribution is 0.625. The van der Waals surface area contributed by atoms with Crippen LogP contribution in [0.25, 0.3) is 0 Å². The van der Waals surface area contributed by atoms with Crippen LogP contribution < -0.4 is 0 Å². The minimum Gasteiger partial charge on any atom is -0.313 e. The molecule has 1 aliphatic rings. The van der Waals surface area contributed by atoms with E-state index in [-0.39, 0.29) is 0 Å². The van der Waals surface area contributed by atoms with Gasteiger partial charge in [-0.15, -0.1) is 0 Å². The number of nitrogens with one attached hydrogen (secondary N) is 1. The molecule has 1 aliphatic carbocycles. The van der Waals surface area contributed by atoms with E-state index in [1.807, 2.05) is 0 Å². The molecule has 0 amide bonds. The molecule has 0 spiro atoms. The van der Waals surface area contributed by atoms with Crippen molar-refractivity contribution in [2.45, 2.75) is 19.3 Å². The quantitative estimate of drug-likeness (QED) is 0.393. The van der Waals surface area contributed by atoms with Crippen LogP contribution in [0.1, 0.15) is 19.3 Å². The average Bonchev–Trinajstić information content (AvgIpc) is 1.90. The SMILES string of the molecule is N=CC1CC=CCC1. The summed E-state index contributed by atoms with van der Waals surface area (Å²) in [6, 6.07) is 0. The Hall–Kier alpha value is -0.590. The summed E-state index contributed by atoms with van der Waals surface area (Å²) in [6.07, 6.45) is 9.35. The third-order valence-corrected chi connectivity index (χ3v) is 1.55. The van der Waals surface area contributed by atoms with Crippen molar-refractivity contribution in [3.8, 4) is 0 Å². The van der Waals surface area contributed by atoms with Gasteiger partial charge in [0.2, 0.25) is 0 Å².